The Kier molecular flexibility index (Phi) is 5.19. The summed E-state index contributed by atoms with van der Waals surface area (Å²) in [6, 6.07) is 12.0. The number of anilines is 2. The first-order chi connectivity index (χ1) is 11.9. The van der Waals surface area contributed by atoms with E-state index in [1.54, 1.807) is 0 Å². The Morgan fingerprint density at radius 2 is 1.52 bits per heavy atom. The Labute approximate surface area is 154 Å². The molecule has 1 saturated heterocycles. The van der Waals surface area contributed by atoms with Crippen molar-refractivity contribution >= 4 is 29.0 Å². The van der Waals surface area contributed by atoms with Crippen LogP contribution in [0.25, 0.3) is 0 Å². The lowest BCUT2D eigenvalue weighted by atomic mass is 10.1. The lowest BCUT2D eigenvalue weighted by Gasteiger charge is -2.36. The maximum absolute atomic E-state index is 12.6. The van der Waals surface area contributed by atoms with Crippen molar-refractivity contribution < 1.29 is 4.79 Å². The van der Waals surface area contributed by atoms with Crippen LogP contribution in [0, 0.1) is 20.8 Å². The minimum absolute atomic E-state index is 0.0224. The molecule has 1 aliphatic heterocycles. The van der Waals surface area contributed by atoms with Crippen LogP contribution in [0.3, 0.4) is 0 Å². The first-order valence-corrected chi connectivity index (χ1v) is 8.96. The minimum Gasteiger partial charge on any atom is -0.368 e. The number of piperazine rings is 1. The summed E-state index contributed by atoms with van der Waals surface area (Å²) in [5.41, 5.74) is 5.49. The lowest BCUT2D eigenvalue weighted by molar-refractivity contribution is 0.208. The third-order valence-electron chi connectivity index (χ3n) is 4.67. The number of urea groups is 1. The second-order valence-corrected chi connectivity index (χ2v) is 7.09. The fourth-order valence-corrected chi connectivity index (χ4v) is 3.51. The molecule has 0 atom stereocenters. The van der Waals surface area contributed by atoms with Crippen LogP contribution in [0.1, 0.15) is 16.7 Å². The van der Waals surface area contributed by atoms with Gasteiger partial charge < -0.3 is 15.1 Å². The highest BCUT2D eigenvalue weighted by molar-refractivity contribution is 6.30. The average Bonchev–Trinajstić information content (AvgIpc) is 2.59. The summed E-state index contributed by atoms with van der Waals surface area (Å²) < 4.78 is 0. The van der Waals surface area contributed by atoms with E-state index in [0.717, 1.165) is 40.6 Å². The van der Waals surface area contributed by atoms with Gasteiger partial charge in [-0.25, -0.2) is 4.79 Å². The molecule has 132 valence electrons. The van der Waals surface area contributed by atoms with Crippen LogP contribution >= 0.6 is 11.6 Å². The van der Waals surface area contributed by atoms with E-state index in [-0.39, 0.29) is 6.03 Å². The van der Waals surface area contributed by atoms with E-state index in [1.165, 1.54) is 5.56 Å². The molecule has 4 nitrogen and oxygen atoms in total. The molecule has 2 aromatic carbocycles. The first kappa shape index (κ1) is 17.6. The first-order valence-electron chi connectivity index (χ1n) is 8.58. The normalized spacial score (nSPS) is 14.6. The molecule has 1 N–H and O–H groups in total. The molecule has 0 saturated carbocycles. The van der Waals surface area contributed by atoms with Crippen molar-refractivity contribution in [2.24, 2.45) is 0 Å². The van der Waals surface area contributed by atoms with Gasteiger partial charge in [0.2, 0.25) is 0 Å². The molecule has 0 aliphatic carbocycles. The van der Waals surface area contributed by atoms with Crippen LogP contribution in [0.15, 0.2) is 36.4 Å². The van der Waals surface area contributed by atoms with Crippen LogP contribution in [-0.4, -0.2) is 37.1 Å². The second kappa shape index (κ2) is 7.36. The molecule has 0 unspecified atom stereocenters. The largest absolute Gasteiger partial charge is 0.368 e. The van der Waals surface area contributed by atoms with Crippen molar-refractivity contribution in [1.82, 2.24) is 4.90 Å². The van der Waals surface area contributed by atoms with Gasteiger partial charge in [0, 0.05) is 42.6 Å². The quantitative estimate of drug-likeness (QED) is 0.851. The van der Waals surface area contributed by atoms with E-state index < -0.39 is 0 Å². The number of hydrogen-bond donors (Lipinski definition) is 1. The highest BCUT2D eigenvalue weighted by atomic mass is 35.5. The predicted octanol–water partition coefficient (Wildman–Crippen LogP) is 4.62. The van der Waals surface area contributed by atoms with E-state index in [2.05, 4.69) is 29.3 Å². The van der Waals surface area contributed by atoms with Gasteiger partial charge in [-0.2, -0.15) is 0 Å². The molecule has 0 aromatic heterocycles. The van der Waals surface area contributed by atoms with Crippen molar-refractivity contribution in [3.8, 4) is 0 Å². The van der Waals surface area contributed by atoms with Gasteiger partial charge in [0.25, 0.3) is 0 Å². The zero-order chi connectivity index (χ0) is 18.0. The molecular weight excluding hydrogens is 334 g/mol. The van der Waals surface area contributed by atoms with E-state index in [1.807, 2.05) is 43.0 Å². The molecule has 0 radical (unpaired) electrons. The summed E-state index contributed by atoms with van der Waals surface area (Å²) in [6.07, 6.45) is 0. The third-order valence-corrected chi connectivity index (χ3v) is 4.92. The van der Waals surface area contributed by atoms with Gasteiger partial charge in [0.1, 0.15) is 0 Å². The summed E-state index contributed by atoms with van der Waals surface area (Å²) in [7, 11) is 0. The molecule has 1 fully saturated rings. The molecule has 1 aliphatic rings. The lowest BCUT2D eigenvalue weighted by Crippen LogP contribution is -2.50. The Hall–Kier alpha value is -2.20. The number of halogens is 1. The summed E-state index contributed by atoms with van der Waals surface area (Å²) in [5.74, 6) is 0. The van der Waals surface area contributed by atoms with Crippen molar-refractivity contribution in [1.29, 1.82) is 0 Å². The Bertz CT molecular complexity index is 742. The van der Waals surface area contributed by atoms with Crippen LogP contribution in [0.4, 0.5) is 16.2 Å². The van der Waals surface area contributed by atoms with Gasteiger partial charge in [0.05, 0.1) is 0 Å². The van der Waals surface area contributed by atoms with Gasteiger partial charge in [-0.15, -0.1) is 0 Å². The van der Waals surface area contributed by atoms with Gasteiger partial charge in [-0.05, 0) is 56.2 Å². The fourth-order valence-electron chi connectivity index (χ4n) is 3.38. The second-order valence-electron chi connectivity index (χ2n) is 6.65. The Morgan fingerprint density at radius 3 is 2.08 bits per heavy atom. The fraction of sp³-hybridized carbons (Fsp3) is 0.350. The number of carbonyl (C=O) groups is 1. The molecule has 1 heterocycles. The van der Waals surface area contributed by atoms with Gasteiger partial charge >= 0.3 is 6.03 Å². The number of rotatable bonds is 2. The van der Waals surface area contributed by atoms with E-state index in [4.69, 9.17) is 11.6 Å². The maximum atomic E-state index is 12.6. The SMILES string of the molecule is Cc1cc(C)c(NC(=O)N2CCN(c3ccc(Cl)cc3)CC2)c(C)c1. The predicted molar refractivity (Wildman–Crippen MR) is 105 cm³/mol. The highest BCUT2D eigenvalue weighted by Gasteiger charge is 2.22. The molecule has 25 heavy (non-hydrogen) atoms. The number of carbonyl (C=O) groups excluding carboxylic acids is 1. The summed E-state index contributed by atoms with van der Waals surface area (Å²) in [4.78, 5) is 16.8. The van der Waals surface area contributed by atoms with Crippen molar-refractivity contribution in [2.75, 3.05) is 36.4 Å². The number of hydrogen-bond acceptors (Lipinski definition) is 2. The number of nitrogens with zero attached hydrogens (tertiary/aromatic N) is 2. The third kappa shape index (κ3) is 4.07. The Morgan fingerprint density at radius 1 is 0.960 bits per heavy atom. The molecule has 0 bridgehead atoms. The molecule has 2 amide bonds. The van der Waals surface area contributed by atoms with Crippen LogP contribution in [0.2, 0.25) is 5.02 Å². The van der Waals surface area contributed by atoms with Crippen LogP contribution in [-0.2, 0) is 0 Å². The number of benzene rings is 2. The summed E-state index contributed by atoms with van der Waals surface area (Å²) >= 11 is 5.95. The van der Waals surface area contributed by atoms with Gasteiger partial charge in [0.15, 0.2) is 0 Å². The van der Waals surface area contributed by atoms with Crippen LogP contribution in [0.5, 0.6) is 0 Å². The smallest absolute Gasteiger partial charge is 0.321 e. The van der Waals surface area contributed by atoms with Crippen molar-refractivity contribution in [2.45, 2.75) is 20.8 Å². The van der Waals surface area contributed by atoms with E-state index in [0.29, 0.717) is 13.1 Å². The topological polar surface area (TPSA) is 35.6 Å². The molecule has 3 rings (SSSR count). The molecule has 2 aromatic rings. The van der Waals surface area contributed by atoms with Gasteiger partial charge in [-0.1, -0.05) is 29.3 Å². The number of aryl methyl sites for hydroxylation is 3. The average molecular weight is 358 g/mol. The van der Waals surface area contributed by atoms with Crippen molar-refractivity contribution in [3.63, 3.8) is 0 Å². The van der Waals surface area contributed by atoms with Gasteiger partial charge in [-0.3, -0.25) is 0 Å². The van der Waals surface area contributed by atoms with E-state index >= 15 is 0 Å². The number of nitrogens with one attached hydrogen (secondary N) is 1. The standard InChI is InChI=1S/C20H24ClN3O/c1-14-12-15(2)19(16(3)13-14)22-20(25)24-10-8-23(9-11-24)18-6-4-17(21)5-7-18/h4-7,12-13H,8-11H2,1-3H3,(H,22,25). The van der Waals surface area contributed by atoms with Crippen LogP contribution < -0.4 is 10.2 Å². The molecular formula is C20H24ClN3O. The van der Waals surface area contributed by atoms with Crippen molar-refractivity contribution in [3.05, 3.63) is 58.1 Å². The Balaban J connectivity index is 1.61. The summed E-state index contributed by atoms with van der Waals surface area (Å²) in [6.45, 7) is 9.20. The minimum atomic E-state index is -0.0224. The highest BCUT2D eigenvalue weighted by Crippen LogP contribution is 2.23. The molecule has 0 spiro atoms. The zero-order valence-corrected chi connectivity index (χ0v) is 15.7. The maximum Gasteiger partial charge on any atom is 0.321 e. The number of amides is 2. The monoisotopic (exact) mass is 357 g/mol. The molecule has 5 heteroatoms. The van der Waals surface area contributed by atoms with E-state index in [9.17, 15) is 4.79 Å². The zero-order valence-electron chi connectivity index (χ0n) is 15.0. The summed E-state index contributed by atoms with van der Waals surface area (Å²) in [5, 5.41) is 3.83.